The highest BCUT2D eigenvalue weighted by molar-refractivity contribution is 5.81. The van der Waals surface area contributed by atoms with Gasteiger partial charge >= 0.3 is 6.18 Å². The van der Waals surface area contributed by atoms with Crippen LogP contribution in [0.4, 0.5) is 13.2 Å². The molecule has 1 fully saturated rings. The molecule has 0 bridgehead atoms. The maximum absolute atomic E-state index is 12.3. The van der Waals surface area contributed by atoms with Gasteiger partial charge in [0.2, 0.25) is 5.91 Å². The Morgan fingerprint density at radius 1 is 1.24 bits per heavy atom. The zero-order valence-corrected chi connectivity index (χ0v) is 15.5. The van der Waals surface area contributed by atoms with Gasteiger partial charge in [-0.15, -0.1) is 0 Å². The minimum atomic E-state index is -4.41. The Labute approximate surface area is 165 Å². The predicted octanol–water partition coefficient (Wildman–Crippen LogP) is 4.31. The zero-order valence-electron chi connectivity index (χ0n) is 15.5. The van der Waals surface area contributed by atoms with Crippen molar-refractivity contribution < 1.29 is 22.7 Å². The number of carbonyl (C=O) groups is 1. The molecule has 1 saturated carbocycles. The van der Waals surface area contributed by atoms with Gasteiger partial charge in [0.05, 0.1) is 17.9 Å². The summed E-state index contributed by atoms with van der Waals surface area (Å²) in [4.78, 5) is 19.7. The number of hydrogen-bond donors (Lipinski definition) is 2. The molecule has 1 amide bonds. The summed E-state index contributed by atoms with van der Waals surface area (Å²) in [5.41, 5.74) is 2.63. The molecular formula is C21H20F3N3O2. The lowest BCUT2D eigenvalue weighted by molar-refractivity contribution is -0.153. The van der Waals surface area contributed by atoms with Gasteiger partial charge in [-0.05, 0) is 60.5 Å². The Bertz CT molecular complexity index is 994. The summed E-state index contributed by atoms with van der Waals surface area (Å²) in [6.07, 6.45) is 0.997. The standard InChI is InChI=1S/C21H20F3N3O2/c22-21(23,24)12-29-16-4-6-18(26-11-16)19(27-20(28)14-2-3-14)10-13-1-5-17-15(9-13)7-8-25-17/h1,4-9,11,14,19,25H,2-3,10,12H2,(H,27,28)/t19-/m1/s1. The van der Waals surface area contributed by atoms with Crippen LogP contribution in [0, 0.1) is 5.92 Å². The van der Waals surface area contributed by atoms with Crippen molar-refractivity contribution in [1.29, 1.82) is 0 Å². The number of halogens is 3. The van der Waals surface area contributed by atoms with Crippen LogP contribution in [0.1, 0.15) is 30.1 Å². The van der Waals surface area contributed by atoms with Gasteiger partial charge < -0.3 is 15.0 Å². The minimum Gasteiger partial charge on any atom is -0.483 e. The summed E-state index contributed by atoms with van der Waals surface area (Å²) < 4.78 is 41.6. The lowest BCUT2D eigenvalue weighted by Crippen LogP contribution is -2.31. The van der Waals surface area contributed by atoms with E-state index in [1.54, 1.807) is 6.07 Å². The third-order valence-electron chi connectivity index (χ3n) is 4.84. The molecule has 1 aliphatic rings. The van der Waals surface area contributed by atoms with Gasteiger partial charge in [-0.2, -0.15) is 13.2 Å². The second-order valence-corrected chi connectivity index (χ2v) is 7.26. The van der Waals surface area contributed by atoms with Crippen molar-refractivity contribution in [3.63, 3.8) is 0 Å². The summed E-state index contributed by atoms with van der Waals surface area (Å²) >= 11 is 0. The maximum atomic E-state index is 12.3. The number of pyridine rings is 1. The molecule has 0 radical (unpaired) electrons. The fourth-order valence-corrected chi connectivity index (χ4v) is 3.18. The van der Waals surface area contributed by atoms with Crippen molar-refractivity contribution in [2.45, 2.75) is 31.5 Å². The van der Waals surface area contributed by atoms with Crippen molar-refractivity contribution >= 4 is 16.8 Å². The first-order chi connectivity index (χ1) is 13.9. The fraction of sp³-hybridized carbons (Fsp3) is 0.333. The van der Waals surface area contributed by atoms with Gasteiger partial charge in [-0.3, -0.25) is 9.78 Å². The molecule has 3 aromatic rings. The van der Waals surface area contributed by atoms with E-state index in [4.69, 9.17) is 4.74 Å². The topological polar surface area (TPSA) is 67.0 Å². The maximum Gasteiger partial charge on any atom is 0.422 e. The smallest absolute Gasteiger partial charge is 0.422 e. The average molecular weight is 403 g/mol. The summed E-state index contributed by atoms with van der Waals surface area (Å²) in [6.45, 7) is -1.37. The number of rotatable bonds is 7. The van der Waals surface area contributed by atoms with Gasteiger partial charge in [0, 0.05) is 17.6 Å². The van der Waals surface area contributed by atoms with Crippen molar-refractivity contribution in [2.24, 2.45) is 5.92 Å². The summed E-state index contributed by atoms with van der Waals surface area (Å²) in [7, 11) is 0. The summed E-state index contributed by atoms with van der Waals surface area (Å²) in [6, 6.07) is 10.6. The predicted molar refractivity (Wildman–Crippen MR) is 101 cm³/mol. The van der Waals surface area contributed by atoms with Crippen molar-refractivity contribution in [2.75, 3.05) is 6.61 Å². The van der Waals surface area contributed by atoms with E-state index in [1.165, 1.54) is 12.3 Å². The van der Waals surface area contributed by atoms with E-state index in [-0.39, 0.29) is 23.6 Å². The van der Waals surface area contributed by atoms with Crippen LogP contribution in [0.3, 0.4) is 0 Å². The number of nitrogens with zero attached hydrogens (tertiary/aromatic N) is 1. The highest BCUT2D eigenvalue weighted by atomic mass is 19.4. The Hall–Kier alpha value is -3.03. The Morgan fingerprint density at radius 2 is 2.07 bits per heavy atom. The molecule has 2 heterocycles. The Morgan fingerprint density at radius 3 is 2.76 bits per heavy atom. The third-order valence-corrected chi connectivity index (χ3v) is 4.84. The minimum absolute atomic E-state index is 0.0167. The number of alkyl halides is 3. The van der Waals surface area contributed by atoms with E-state index >= 15 is 0 Å². The molecule has 0 saturated heterocycles. The molecule has 152 valence electrons. The summed E-state index contributed by atoms with van der Waals surface area (Å²) in [5, 5.41) is 4.10. The van der Waals surface area contributed by atoms with Gasteiger partial charge in [0.1, 0.15) is 5.75 Å². The largest absolute Gasteiger partial charge is 0.483 e. The van der Waals surface area contributed by atoms with Crippen LogP contribution in [-0.4, -0.2) is 28.7 Å². The number of hydrogen-bond acceptors (Lipinski definition) is 3. The molecule has 0 unspecified atom stereocenters. The molecule has 2 N–H and O–H groups in total. The molecule has 29 heavy (non-hydrogen) atoms. The van der Waals surface area contributed by atoms with Crippen LogP contribution < -0.4 is 10.1 Å². The second-order valence-electron chi connectivity index (χ2n) is 7.26. The van der Waals surface area contributed by atoms with Crippen LogP contribution in [0.2, 0.25) is 0 Å². The van der Waals surface area contributed by atoms with Crippen molar-refractivity contribution in [3.8, 4) is 5.75 Å². The molecule has 8 heteroatoms. The number of fused-ring (bicyclic) bond motifs is 1. The molecule has 1 aromatic carbocycles. The van der Waals surface area contributed by atoms with Crippen LogP contribution in [-0.2, 0) is 11.2 Å². The number of carbonyl (C=O) groups excluding carboxylic acids is 1. The summed E-state index contributed by atoms with van der Waals surface area (Å²) in [5.74, 6) is 0.0584. The number of aromatic nitrogens is 2. The van der Waals surface area contributed by atoms with Crippen molar-refractivity contribution in [1.82, 2.24) is 15.3 Å². The number of aromatic amines is 1. The van der Waals surface area contributed by atoms with E-state index in [9.17, 15) is 18.0 Å². The number of H-pyrrole nitrogens is 1. The lowest BCUT2D eigenvalue weighted by atomic mass is 10.0. The van der Waals surface area contributed by atoms with E-state index in [1.807, 2.05) is 30.5 Å². The highest BCUT2D eigenvalue weighted by Gasteiger charge is 2.32. The van der Waals surface area contributed by atoms with Crippen LogP contribution in [0.25, 0.3) is 10.9 Å². The van der Waals surface area contributed by atoms with Crippen LogP contribution >= 0.6 is 0 Å². The van der Waals surface area contributed by atoms with Gasteiger partial charge in [-0.1, -0.05) is 6.07 Å². The highest BCUT2D eigenvalue weighted by Crippen LogP contribution is 2.30. The number of benzene rings is 1. The monoisotopic (exact) mass is 403 g/mol. The van der Waals surface area contributed by atoms with E-state index < -0.39 is 12.8 Å². The molecule has 4 rings (SSSR count). The molecule has 1 atom stereocenters. The SMILES string of the molecule is O=C(N[C@H](Cc1ccc2[nH]ccc2c1)c1ccc(OCC(F)(F)F)cn1)C1CC1. The van der Waals surface area contributed by atoms with E-state index in [0.717, 1.165) is 29.3 Å². The molecule has 0 spiro atoms. The normalized spacial score (nSPS) is 15.3. The van der Waals surface area contributed by atoms with Crippen LogP contribution in [0.5, 0.6) is 5.75 Å². The molecule has 2 aromatic heterocycles. The number of nitrogens with one attached hydrogen (secondary N) is 2. The van der Waals surface area contributed by atoms with E-state index in [0.29, 0.717) is 12.1 Å². The fourth-order valence-electron chi connectivity index (χ4n) is 3.18. The van der Waals surface area contributed by atoms with E-state index in [2.05, 4.69) is 15.3 Å². The Balaban J connectivity index is 1.52. The first-order valence-corrected chi connectivity index (χ1v) is 9.39. The van der Waals surface area contributed by atoms with Gasteiger partial charge in [-0.25, -0.2) is 0 Å². The molecule has 0 aliphatic heterocycles. The zero-order chi connectivity index (χ0) is 20.4. The first kappa shape index (κ1) is 19.3. The second kappa shape index (κ2) is 7.77. The third kappa shape index (κ3) is 5.07. The Kier molecular flexibility index (Phi) is 5.17. The first-order valence-electron chi connectivity index (χ1n) is 9.39. The molecular weight excluding hydrogens is 383 g/mol. The number of amides is 1. The van der Waals surface area contributed by atoms with Gasteiger partial charge in [0.15, 0.2) is 6.61 Å². The van der Waals surface area contributed by atoms with Gasteiger partial charge in [0.25, 0.3) is 0 Å². The van der Waals surface area contributed by atoms with Crippen LogP contribution in [0.15, 0.2) is 48.8 Å². The number of ether oxygens (including phenoxy) is 1. The molecule has 5 nitrogen and oxygen atoms in total. The van der Waals surface area contributed by atoms with Crippen molar-refractivity contribution in [3.05, 3.63) is 60.0 Å². The lowest BCUT2D eigenvalue weighted by Gasteiger charge is -2.19. The average Bonchev–Trinajstić information content (AvgIpc) is 3.44. The molecule has 1 aliphatic carbocycles. The quantitative estimate of drug-likeness (QED) is 0.618.